The summed E-state index contributed by atoms with van der Waals surface area (Å²) in [5, 5.41) is 4.13. The average Bonchev–Trinajstić information content (AvgIpc) is 3.15. The van der Waals surface area contributed by atoms with Crippen molar-refractivity contribution in [1.29, 1.82) is 0 Å². The number of aryl methyl sites for hydroxylation is 1. The zero-order valence-corrected chi connectivity index (χ0v) is 21.4. The number of amides is 1. The molecule has 176 valence electrons. The Bertz CT molecular complexity index is 1110. The Morgan fingerprint density at radius 1 is 1.12 bits per heavy atom. The number of halogens is 2. The maximum atomic E-state index is 12.3. The van der Waals surface area contributed by atoms with Gasteiger partial charge in [-0.3, -0.25) is 4.79 Å². The highest BCUT2D eigenvalue weighted by molar-refractivity contribution is 7.20. The fourth-order valence-electron chi connectivity index (χ4n) is 4.66. The number of nitrogens with zero attached hydrogens (tertiary/aromatic N) is 3. The molecule has 1 fully saturated rings. The summed E-state index contributed by atoms with van der Waals surface area (Å²) in [6, 6.07) is 9.85. The lowest BCUT2D eigenvalue weighted by Crippen LogP contribution is -2.31. The predicted octanol–water partition coefficient (Wildman–Crippen LogP) is 6.62. The Hall–Kier alpha value is -1.89. The van der Waals surface area contributed by atoms with E-state index in [1.807, 2.05) is 26.2 Å². The molecule has 4 rings (SSSR count). The second-order valence-corrected chi connectivity index (χ2v) is 11.4. The first-order valence-corrected chi connectivity index (χ1v) is 13.1. The molecule has 1 saturated carbocycles. The van der Waals surface area contributed by atoms with Crippen LogP contribution in [0.1, 0.15) is 54.7 Å². The molecule has 33 heavy (non-hydrogen) atoms. The molecule has 1 aliphatic rings. The van der Waals surface area contributed by atoms with Gasteiger partial charge in [-0.05, 0) is 49.3 Å². The van der Waals surface area contributed by atoms with Crippen molar-refractivity contribution in [2.24, 2.45) is 11.8 Å². The van der Waals surface area contributed by atoms with E-state index in [1.165, 1.54) is 30.6 Å². The molecule has 2 aromatic heterocycles. The van der Waals surface area contributed by atoms with Crippen LogP contribution in [0.15, 0.2) is 30.3 Å². The number of carbonyl (C=O) groups is 1. The molecule has 0 radical (unpaired) electrons. The molecule has 0 unspecified atom stereocenters. The minimum atomic E-state index is -0.127. The van der Waals surface area contributed by atoms with E-state index in [4.69, 9.17) is 33.2 Å². The van der Waals surface area contributed by atoms with Gasteiger partial charge < -0.3 is 10.2 Å². The van der Waals surface area contributed by atoms with E-state index in [0.717, 1.165) is 54.1 Å². The Kier molecular flexibility index (Phi) is 8.10. The van der Waals surface area contributed by atoms with E-state index >= 15 is 0 Å². The van der Waals surface area contributed by atoms with E-state index < -0.39 is 0 Å². The quantitative estimate of drug-likeness (QED) is 0.374. The van der Waals surface area contributed by atoms with Crippen LogP contribution < -0.4 is 10.2 Å². The number of carbonyl (C=O) groups excluding carboxylic acids is 1. The summed E-state index contributed by atoms with van der Waals surface area (Å²) < 4.78 is 0.993. The zero-order valence-electron chi connectivity index (χ0n) is 19.1. The van der Waals surface area contributed by atoms with Gasteiger partial charge >= 0.3 is 0 Å². The van der Waals surface area contributed by atoms with Crippen LogP contribution in [0.4, 0.5) is 5.82 Å². The monoisotopic (exact) mass is 504 g/mol. The molecule has 0 atom stereocenters. The number of hydrogen-bond acceptors (Lipinski definition) is 5. The van der Waals surface area contributed by atoms with Crippen molar-refractivity contribution in [3.05, 3.63) is 50.4 Å². The number of fused-ring (bicyclic) bond motifs is 1. The van der Waals surface area contributed by atoms with Gasteiger partial charge in [-0.1, -0.05) is 54.6 Å². The summed E-state index contributed by atoms with van der Waals surface area (Å²) in [4.78, 5) is 24.0. The third-order valence-corrected chi connectivity index (χ3v) is 7.97. The van der Waals surface area contributed by atoms with Gasteiger partial charge in [0.2, 0.25) is 0 Å². The molecular formula is C25H30Cl2N4OS. The lowest BCUT2D eigenvalue weighted by Gasteiger charge is -2.28. The summed E-state index contributed by atoms with van der Waals surface area (Å²) >= 11 is 13.3. The molecular weight excluding hydrogens is 475 g/mol. The van der Waals surface area contributed by atoms with Gasteiger partial charge in [0.1, 0.15) is 16.0 Å². The van der Waals surface area contributed by atoms with Crippen LogP contribution in [0.5, 0.6) is 0 Å². The summed E-state index contributed by atoms with van der Waals surface area (Å²) in [6.45, 7) is 0.702. The van der Waals surface area contributed by atoms with Crippen LogP contribution in [0.25, 0.3) is 10.9 Å². The normalized spacial score (nSPS) is 18.4. The Labute approximate surface area is 209 Å². The first-order valence-electron chi connectivity index (χ1n) is 11.6. The summed E-state index contributed by atoms with van der Waals surface area (Å²) in [5.41, 5.74) is 1.49. The van der Waals surface area contributed by atoms with Crippen LogP contribution in [0, 0.1) is 11.8 Å². The molecule has 3 aromatic rings. The molecule has 1 amide bonds. The molecule has 1 N–H and O–H groups in total. The van der Waals surface area contributed by atoms with Crippen molar-refractivity contribution in [1.82, 2.24) is 15.3 Å². The van der Waals surface area contributed by atoms with E-state index in [1.54, 1.807) is 6.07 Å². The topological polar surface area (TPSA) is 58.1 Å². The second-order valence-electron chi connectivity index (χ2n) is 9.10. The molecule has 0 bridgehead atoms. The van der Waals surface area contributed by atoms with Gasteiger partial charge in [0.15, 0.2) is 0 Å². The number of anilines is 1. The van der Waals surface area contributed by atoms with Gasteiger partial charge in [0, 0.05) is 32.4 Å². The highest BCUT2D eigenvalue weighted by Gasteiger charge is 2.22. The smallest absolute Gasteiger partial charge is 0.253 e. The van der Waals surface area contributed by atoms with Crippen LogP contribution >= 0.6 is 34.5 Å². The van der Waals surface area contributed by atoms with Crippen molar-refractivity contribution in [2.45, 2.75) is 44.9 Å². The highest BCUT2D eigenvalue weighted by Crippen LogP contribution is 2.33. The van der Waals surface area contributed by atoms with E-state index in [2.05, 4.69) is 22.3 Å². The molecule has 5 nitrogen and oxygen atoms in total. The standard InChI is InChI=1S/C25H30Cl2N4OS/c1-31(2)24-18-7-3-4-8-20(18)29-22(30-24)9-5-6-16-10-12-17(13-11-16)15-28-25(32)19-14-21(26)33-23(19)27/h3-4,7-8,14,16-17H,5-6,9-13,15H2,1-2H3,(H,28,32). The molecule has 0 spiro atoms. The number of hydrogen-bond donors (Lipinski definition) is 1. The van der Waals surface area contributed by atoms with Gasteiger partial charge in [-0.2, -0.15) is 0 Å². The summed E-state index contributed by atoms with van der Waals surface area (Å²) in [5.74, 6) is 3.07. The van der Waals surface area contributed by atoms with Gasteiger partial charge in [0.25, 0.3) is 5.91 Å². The maximum Gasteiger partial charge on any atom is 0.253 e. The molecule has 2 heterocycles. The Morgan fingerprint density at radius 2 is 1.85 bits per heavy atom. The van der Waals surface area contributed by atoms with Gasteiger partial charge in [0.05, 0.1) is 15.4 Å². The minimum absolute atomic E-state index is 0.127. The third-order valence-electron chi connectivity index (χ3n) is 6.48. The number of benzene rings is 1. The highest BCUT2D eigenvalue weighted by atomic mass is 35.5. The maximum absolute atomic E-state index is 12.3. The molecule has 0 saturated heterocycles. The van der Waals surface area contributed by atoms with Crippen molar-refractivity contribution < 1.29 is 4.79 Å². The van der Waals surface area contributed by atoms with E-state index in [-0.39, 0.29) is 5.91 Å². The fourth-order valence-corrected chi connectivity index (χ4v) is 6.12. The van der Waals surface area contributed by atoms with Crippen molar-refractivity contribution in [3.8, 4) is 0 Å². The van der Waals surface area contributed by atoms with Crippen molar-refractivity contribution in [2.75, 3.05) is 25.5 Å². The summed E-state index contributed by atoms with van der Waals surface area (Å²) in [6.07, 6.45) is 7.96. The van der Waals surface area contributed by atoms with Crippen LogP contribution in [-0.4, -0.2) is 36.5 Å². The van der Waals surface area contributed by atoms with E-state index in [0.29, 0.717) is 26.7 Å². The number of para-hydroxylation sites is 1. The number of thiophene rings is 1. The van der Waals surface area contributed by atoms with Crippen molar-refractivity contribution in [3.63, 3.8) is 0 Å². The van der Waals surface area contributed by atoms with E-state index in [9.17, 15) is 4.79 Å². The van der Waals surface area contributed by atoms with Crippen LogP contribution in [0.3, 0.4) is 0 Å². The second kappa shape index (κ2) is 11.0. The molecule has 8 heteroatoms. The molecule has 1 aromatic carbocycles. The van der Waals surface area contributed by atoms with Gasteiger partial charge in [-0.15, -0.1) is 11.3 Å². The van der Waals surface area contributed by atoms with Crippen LogP contribution in [-0.2, 0) is 6.42 Å². The minimum Gasteiger partial charge on any atom is -0.362 e. The first kappa shape index (κ1) is 24.2. The molecule has 0 aliphatic heterocycles. The zero-order chi connectivity index (χ0) is 23.4. The number of aromatic nitrogens is 2. The SMILES string of the molecule is CN(C)c1nc(CCCC2CCC(CNC(=O)c3cc(Cl)sc3Cl)CC2)nc2ccccc12. The summed E-state index contributed by atoms with van der Waals surface area (Å²) in [7, 11) is 4.06. The first-order chi connectivity index (χ1) is 15.9. The van der Waals surface area contributed by atoms with Gasteiger partial charge in [-0.25, -0.2) is 9.97 Å². The van der Waals surface area contributed by atoms with Crippen molar-refractivity contribution >= 4 is 57.2 Å². The molecule has 1 aliphatic carbocycles. The predicted molar refractivity (Wildman–Crippen MR) is 139 cm³/mol. The Balaban J connectivity index is 1.22. The largest absolute Gasteiger partial charge is 0.362 e. The number of nitrogens with one attached hydrogen (secondary N) is 1. The average molecular weight is 506 g/mol. The Morgan fingerprint density at radius 3 is 2.55 bits per heavy atom. The lowest BCUT2D eigenvalue weighted by molar-refractivity contribution is 0.0941. The fraction of sp³-hybridized carbons (Fsp3) is 0.480. The number of rotatable bonds is 8. The van der Waals surface area contributed by atoms with Crippen LogP contribution in [0.2, 0.25) is 8.67 Å². The lowest BCUT2D eigenvalue weighted by atomic mass is 9.80. The third kappa shape index (κ3) is 6.17.